The molecule has 1 aromatic rings. The second-order valence-corrected chi connectivity index (χ2v) is 4.69. The summed E-state index contributed by atoms with van der Waals surface area (Å²) in [5.41, 5.74) is 6.67. The minimum atomic E-state index is 0.166. The Kier molecular flexibility index (Phi) is 4.15. The first kappa shape index (κ1) is 12.8. The highest BCUT2D eigenvalue weighted by Gasteiger charge is 2.16. The van der Waals surface area contributed by atoms with Gasteiger partial charge in [-0.25, -0.2) is 4.98 Å². The summed E-state index contributed by atoms with van der Waals surface area (Å²) >= 11 is 0. The quantitative estimate of drug-likeness (QED) is 0.837. The number of amides is 1. The Balaban J connectivity index is 1.92. The lowest BCUT2D eigenvalue weighted by atomic mass is 10.3. The second kappa shape index (κ2) is 5.82. The van der Waals surface area contributed by atoms with Crippen molar-refractivity contribution in [3.8, 4) is 0 Å². The van der Waals surface area contributed by atoms with Crippen molar-refractivity contribution in [2.75, 3.05) is 31.9 Å². The SMILES string of the molecule is CC(=O)N1CCCN(Cc2cccc(N)n2)CC1. The van der Waals surface area contributed by atoms with Crippen LogP contribution < -0.4 is 5.73 Å². The van der Waals surface area contributed by atoms with E-state index in [1.165, 1.54) is 0 Å². The van der Waals surface area contributed by atoms with Gasteiger partial charge in [-0.05, 0) is 18.6 Å². The standard InChI is InChI=1S/C13H20N4O/c1-11(18)17-7-3-6-16(8-9-17)10-12-4-2-5-13(14)15-12/h2,4-5H,3,6-10H2,1H3,(H2,14,15). The summed E-state index contributed by atoms with van der Waals surface area (Å²) in [6.07, 6.45) is 1.02. The van der Waals surface area contributed by atoms with Crippen molar-refractivity contribution in [3.05, 3.63) is 23.9 Å². The summed E-state index contributed by atoms with van der Waals surface area (Å²) < 4.78 is 0. The molecule has 98 valence electrons. The third-order valence-electron chi connectivity index (χ3n) is 3.25. The van der Waals surface area contributed by atoms with Crippen molar-refractivity contribution in [1.29, 1.82) is 0 Å². The normalized spacial score (nSPS) is 17.5. The number of hydrogen-bond donors (Lipinski definition) is 1. The molecule has 1 aliphatic heterocycles. The Morgan fingerprint density at radius 3 is 2.89 bits per heavy atom. The van der Waals surface area contributed by atoms with Crippen LogP contribution in [0.5, 0.6) is 0 Å². The van der Waals surface area contributed by atoms with Crippen LogP contribution in [0.4, 0.5) is 5.82 Å². The van der Waals surface area contributed by atoms with E-state index in [-0.39, 0.29) is 5.91 Å². The molecule has 2 N–H and O–H groups in total. The molecule has 18 heavy (non-hydrogen) atoms. The number of aromatic nitrogens is 1. The summed E-state index contributed by atoms with van der Waals surface area (Å²) in [6, 6.07) is 5.71. The number of pyridine rings is 1. The molecule has 0 spiro atoms. The van der Waals surface area contributed by atoms with Gasteiger partial charge >= 0.3 is 0 Å². The van der Waals surface area contributed by atoms with Crippen molar-refractivity contribution < 1.29 is 4.79 Å². The van der Waals surface area contributed by atoms with Gasteiger partial charge < -0.3 is 10.6 Å². The highest BCUT2D eigenvalue weighted by molar-refractivity contribution is 5.73. The van der Waals surface area contributed by atoms with E-state index in [4.69, 9.17) is 5.73 Å². The van der Waals surface area contributed by atoms with Gasteiger partial charge in [0.2, 0.25) is 5.91 Å². The summed E-state index contributed by atoms with van der Waals surface area (Å²) in [4.78, 5) is 19.9. The van der Waals surface area contributed by atoms with Gasteiger partial charge in [0.15, 0.2) is 0 Å². The van der Waals surface area contributed by atoms with E-state index >= 15 is 0 Å². The van der Waals surface area contributed by atoms with Crippen LogP contribution in [0.2, 0.25) is 0 Å². The van der Waals surface area contributed by atoms with E-state index in [9.17, 15) is 4.79 Å². The molecule has 0 radical (unpaired) electrons. The molecule has 0 unspecified atom stereocenters. The first-order valence-electron chi connectivity index (χ1n) is 6.34. The lowest BCUT2D eigenvalue weighted by Crippen LogP contribution is -2.33. The third-order valence-corrected chi connectivity index (χ3v) is 3.25. The smallest absolute Gasteiger partial charge is 0.219 e. The molecule has 1 saturated heterocycles. The fraction of sp³-hybridized carbons (Fsp3) is 0.538. The molecule has 5 heteroatoms. The van der Waals surface area contributed by atoms with Gasteiger partial charge in [0.25, 0.3) is 0 Å². The van der Waals surface area contributed by atoms with Crippen molar-refractivity contribution in [2.45, 2.75) is 19.9 Å². The van der Waals surface area contributed by atoms with Gasteiger partial charge in [-0.15, -0.1) is 0 Å². The molecular weight excluding hydrogens is 228 g/mol. The van der Waals surface area contributed by atoms with Crippen LogP contribution in [-0.2, 0) is 11.3 Å². The lowest BCUT2D eigenvalue weighted by Gasteiger charge is -2.20. The number of carbonyl (C=O) groups is 1. The van der Waals surface area contributed by atoms with Crippen LogP contribution in [-0.4, -0.2) is 46.9 Å². The number of nitrogens with zero attached hydrogens (tertiary/aromatic N) is 3. The number of rotatable bonds is 2. The average Bonchev–Trinajstić information content (AvgIpc) is 2.55. The maximum absolute atomic E-state index is 11.3. The first-order chi connectivity index (χ1) is 8.65. The van der Waals surface area contributed by atoms with E-state index < -0.39 is 0 Å². The zero-order valence-corrected chi connectivity index (χ0v) is 10.8. The van der Waals surface area contributed by atoms with Crippen LogP contribution >= 0.6 is 0 Å². The topological polar surface area (TPSA) is 62.5 Å². The molecule has 1 aromatic heterocycles. The molecule has 0 bridgehead atoms. The molecular formula is C13H20N4O. The number of nitrogen functional groups attached to an aromatic ring is 1. The Bertz CT molecular complexity index is 421. The molecule has 1 amide bonds. The predicted molar refractivity (Wildman–Crippen MR) is 70.8 cm³/mol. The molecule has 0 atom stereocenters. The summed E-state index contributed by atoms with van der Waals surface area (Å²) in [5, 5.41) is 0. The fourth-order valence-corrected chi connectivity index (χ4v) is 2.26. The number of hydrogen-bond acceptors (Lipinski definition) is 4. The molecule has 1 fully saturated rings. The Morgan fingerprint density at radius 2 is 2.17 bits per heavy atom. The largest absolute Gasteiger partial charge is 0.384 e. The van der Waals surface area contributed by atoms with Gasteiger partial charge in [-0.3, -0.25) is 9.69 Å². The van der Waals surface area contributed by atoms with E-state index in [0.29, 0.717) is 5.82 Å². The summed E-state index contributed by atoms with van der Waals surface area (Å²) in [6.45, 7) is 6.00. The monoisotopic (exact) mass is 248 g/mol. The van der Waals surface area contributed by atoms with Gasteiger partial charge in [0, 0.05) is 39.6 Å². The van der Waals surface area contributed by atoms with Gasteiger partial charge in [-0.1, -0.05) is 6.07 Å². The number of carbonyl (C=O) groups excluding carboxylic acids is 1. The van der Waals surface area contributed by atoms with E-state index in [2.05, 4.69) is 9.88 Å². The van der Waals surface area contributed by atoms with E-state index in [1.807, 2.05) is 17.0 Å². The molecule has 2 rings (SSSR count). The van der Waals surface area contributed by atoms with Crippen LogP contribution in [0.15, 0.2) is 18.2 Å². The number of nitrogens with two attached hydrogens (primary N) is 1. The third kappa shape index (κ3) is 3.43. The summed E-state index contributed by atoms with van der Waals surface area (Å²) in [7, 11) is 0. The zero-order valence-electron chi connectivity index (χ0n) is 10.8. The van der Waals surface area contributed by atoms with E-state index in [1.54, 1.807) is 13.0 Å². The fourth-order valence-electron chi connectivity index (χ4n) is 2.26. The number of anilines is 1. The Hall–Kier alpha value is -1.62. The van der Waals surface area contributed by atoms with Gasteiger partial charge in [0.1, 0.15) is 5.82 Å². The minimum Gasteiger partial charge on any atom is -0.384 e. The molecule has 0 aromatic carbocycles. The lowest BCUT2D eigenvalue weighted by molar-refractivity contribution is -0.128. The van der Waals surface area contributed by atoms with Crippen molar-refractivity contribution >= 4 is 11.7 Å². The van der Waals surface area contributed by atoms with Gasteiger partial charge in [0.05, 0.1) is 5.69 Å². The van der Waals surface area contributed by atoms with Crippen molar-refractivity contribution in [1.82, 2.24) is 14.8 Å². The highest BCUT2D eigenvalue weighted by Crippen LogP contribution is 2.08. The second-order valence-electron chi connectivity index (χ2n) is 4.69. The maximum atomic E-state index is 11.3. The first-order valence-corrected chi connectivity index (χ1v) is 6.34. The summed E-state index contributed by atoms with van der Waals surface area (Å²) in [5.74, 6) is 0.728. The molecule has 2 heterocycles. The molecule has 1 aliphatic rings. The minimum absolute atomic E-state index is 0.166. The maximum Gasteiger partial charge on any atom is 0.219 e. The van der Waals surface area contributed by atoms with Crippen LogP contribution in [0.3, 0.4) is 0 Å². The van der Waals surface area contributed by atoms with Gasteiger partial charge in [-0.2, -0.15) is 0 Å². The van der Waals surface area contributed by atoms with E-state index in [0.717, 1.165) is 44.8 Å². The molecule has 5 nitrogen and oxygen atoms in total. The molecule has 0 saturated carbocycles. The predicted octanol–water partition coefficient (Wildman–Crippen LogP) is 0.718. The van der Waals surface area contributed by atoms with Crippen LogP contribution in [0, 0.1) is 0 Å². The Morgan fingerprint density at radius 1 is 1.33 bits per heavy atom. The van der Waals surface area contributed by atoms with Crippen molar-refractivity contribution in [3.63, 3.8) is 0 Å². The highest BCUT2D eigenvalue weighted by atomic mass is 16.2. The average molecular weight is 248 g/mol. The van der Waals surface area contributed by atoms with Crippen LogP contribution in [0.1, 0.15) is 19.0 Å². The zero-order chi connectivity index (χ0) is 13.0. The molecule has 0 aliphatic carbocycles. The van der Waals surface area contributed by atoms with Crippen LogP contribution in [0.25, 0.3) is 0 Å². The Labute approximate surface area is 108 Å². The van der Waals surface area contributed by atoms with Crippen molar-refractivity contribution in [2.24, 2.45) is 0 Å².